The quantitative estimate of drug-likeness (QED) is 0.889. The highest BCUT2D eigenvalue weighted by Gasteiger charge is 2.45. The average molecular weight is 378 g/mol. The molecule has 1 aliphatic rings. The molecule has 1 aromatic carbocycles. The van der Waals surface area contributed by atoms with Crippen LogP contribution in [0.15, 0.2) is 48.7 Å². The van der Waals surface area contributed by atoms with Gasteiger partial charge in [0.05, 0.1) is 11.0 Å². The molecule has 0 atom stereocenters. The summed E-state index contributed by atoms with van der Waals surface area (Å²) in [7, 11) is 0. The van der Waals surface area contributed by atoms with E-state index >= 15 is 0 Å². The van der Waals surface area contributed by atoms with Crippen molar-refractivity contribution in [3.05, 3.63) is 65.5 Å². The van der Waals surface area contributed by atoms with Crippen LogP contribution in [0.3, 0.4) is 0 Å². The van der Waals surface area contributed by atoms with Crippen LogP contribution in [0.1, 0.15) is 34.5 Å². The number of amides is 1. The number of carboxylic acids is 1. The number of carbonyl (C=O) groups is 2. The molecule has 1 N–H and O–H groups in total. The van der Waals surface area contributed by atoms with E-state index in [0.717, 1.165) is 12.3 Å². The van der Waals surface area contributed by atoms with Crippen molar-refractivity contribution in [2.24, 2.45) is 0 Å². The summed E-state index contributed by atoms with van der Waals surface area (Å²) in [5.74, 6) is -1.79. The molecule has 27 heavy (non-hydrogen) atoms. The molecule has 142 valence electrons. The molecular weight excluding hydrogens is 361 g/mol. The van der Waals surface area contributed by atoms with Gasteiger partial charge in [-0.25, -0.2) is 0 Å². The van der Waals surface area contributed by atoms with Crippen LogP contribution in [0.5, 0.6) is 0 Å². The van der Waals surface area contributed by atoms with Gasteiger partial charge < -0.3 is 10.0 Å². The number of carbonyl (C=O) groups excluding carboxylic acids is 1. The predicted octanol–water partition coefficient (Wildman–Crippen LogP) is 3.36. The first-order valence-corrected chi connectivity index (χ1v) is 8.36. The molecule has 1 fully saturated rings. The van der Waals surface area contributed by atoms with Gasteiger partial charge in [0.25, 0.3) is 5.91 Å². The normalized spacial score (nSPS) is 16.8. The Morgan fingerprint density at radius 2 is 1.67 bits per heavy atom. The SMILES string of the molecule is O=C(c1cccnc1C(F)(F)F)N1CCC(C(=O)O)(c2ccccc2)CC1. The molecule has 0 aliphatic carbocycles. The summed E-state index contributed by atoms with van der Waals surface area (Å²) in [6, 6.07) is 11.1. The number of hydrogen-bond donors (Lipinski definition) is 1. The number of halogens is 3. The van der Waals surface area contributed by atoms with Crippen LogP contribution in [0.2, 0.25) is 0 Å². The van der Waals surface area contributed by atoms with E-state index in [0.29, 0.717) is 5.56 Å². The van der Waals surface area contributed by atoms with Crippen molar-refractivity contribution in [1.82, 2.24) is 9.88 Å². The number of carboxylic acid groups (broad SMARTS) is 1. The zero-order valence-corrected chi connectivity index (χ0v) is 14.2. The third-order valence-corrected chi connectivity index (χ3v) is 4.95. The van der Waals surface area contributed by atoms with E-state index in [9.17, 15) is 27.9 Å². The first-order chi connectivity index (χ1) is 12.8. The molecule has 1 aromatic heterocycles. The van der Waals surface area contributed by atoms with Crippen molar-refractivity contribution >= 4 is 11.9 Å². The van der Waals surface area contributed by atoms with Gasteiger partial charge in [-0.15, -0.1) is 0 Å². The van der Waals surface area contributed by atoms with Crippen LogP contribution in [0.25, 0.3) is 0 Å². The molecule has 1 saturated heterocycles. The number of nitrogens with zero attached hydrogens (tertiary/aromatic N) is 2. The Balaban J connectivity index is 1.84. The Hall–Kier alpha value is -2.90. The third kappa shape index (κ3) is 3.51. The van der Waals surface area contributed by atoms with Gasteiger partial charge in [0.2, 0.25) is 0 Å². The summed E-state index contributed by atoms with van der Waals surface area (Å²) in [5, 5.41) is 9.77. The van der Waals surface area contributed by atoms with E-state index in [-0.39, 0.29) is 25.9 Å². The molecule has 0 spiro atoms. The summed E-state index contributed by atoms with van der Waals surface area (Å²) < 4.78 is 39.3. The van der Waals surface area contributed by atoms with Gasteiger partial charge >= 0.3 is 12.1 Å². The minimum atomic E-state index is -4.74. The van der Waals surface area contributed by atoms with Crippen molar-refractivity contribution in [3.8, 4) is 0 Å². The lowest BCUT2D eigenvalue weighted by atomic mass is 9.72. The van der Waals surface area contributed by atoms with Crippen molar-refractivity contribution in [3.63, 3.8) is 0 Å². The second-order valence-corrected chi connectivity index (χ2v) is 6.44. The van der Waals surface area contributed by atoms with E-state index in [4.69, 9.17) is 0 Å². The largest absolute Gasteiger partial charge is 0.481 e. The highest BCUT2D eigenvalue weighted by Crippen LogP contribution is 2.37. The maximum Gasteiger partial charge on any atom is 0.434 e. The Kier molecular flexibility index (Phi) is 4.91. The number of piperidine rings is 1. The van der Waals surface area contributed by atoms with E-state index in [1.807, 2.05) is 0 Å². The number of hydrogen-bond acceptors (Lipinski definition) is 3. The molecule has 8 heteroatoms. The standard InChI is InChI=1S/C19H17F3N2O3/c20-19(21,22)15-14(7-4-10-23-15)16(25)24-11-8-18(9-12-24,17(26)27)13-5-2-1-3-6-13/h1-7,10H,8-9,11-12H2,(H,26,27). The number of alkyl halides is 3. The first-order valence-electron chi connectivity index (χ1n) is 8.36. The summed E-state index contributed by atoms with van der Waals surface area (Å²) in [5.41, 5.74) is -2.28. The van der Waals surface area contributed by atoms with Gasteiger partial charge in [0.15, 0.2) is 5.69 Å². The topological polar surface area (TPSA) is 70.5 Å². The van der Waals surface area contributed by atoms with Crippen molar-refractivity contribution in [1.29, 1.82) is 0 Å². The fourth-order valence-electron chi connectivity index (χ4n) is 3.45. The summed E-state index contributed by atoms with van der Waals surface area (Å²) in [6.07, 6.45) is -3.50. The van der Waals surface area contributed by atoms with Crippen LogP contribution in [0, 0.1) is 0 Å². The fraction of sp³-hybridized carbons (Fsp3) is 0.316. The van der Waals surface area contributed by atoms with Crippen LogP contribution >= 0.6 is 0 Å². The van der Waals surface area contributed by atoms with Crippen LogP contribution in [0.4, 0.5) is 13.2 Å². The van der Waals surface area contributed by atoms with Gasteiger partial charge in [-0.3, -0.25) is 14.6 Å². The zero-order chi connectivity index (χ0) is 19.7. The Morgan fingerprint density at radius 1 is 1.04 bits per heavy atom. The lowest BCUT2D eigenvalue weighted by molar-refractivity contribution is -0.145. The molecule has 1 aliphatic heterocycles. The highest BCUT2D eigenvalue weighted by molar-refractivity contribution is 5.95. The Labute approximate surface area is 153 Å². The smallest absolute Gasteiger partial charge is 0.434 e. The third-order valence-electron chi connectivity index (χ3n) is 4.95. The minimum absolute atomic E-state index is 0.0478. The van der Waals surface area contributed by atoms with E-state index in [1.165, 1.54) is 11.0 Å². The lowest BCUT2D eigenvalue weighted by Crippen LogP contribution is -2.49. The van der Waals surface area contributed by atoms with Crippen LogP contribution < -0.4 is 0 Å². The number of likely N-dealkylation sites (tertiary alicyclic amines) is 1. The number of pyridine rings is 1. The summed E-state index contributed by atoms with van der Waals surface area (Å²) >= 11 is 0. The van der Waals surface area contributed by atoms with Gasteiger partial charge in [-0.1, -0.05) is 30.3 Å². The van der Waals surface area contributed by atoms with E-state index in [1.54, 1.807) is 30.3 Å². The molecular formula is C19H17F3N2O3. The number of aliphatic carboxylic acids is 1. The Bertz CT molecular complexity index is 845. The van der Waals surface area contributed by atoms with Gasteiger partial charge in [0.1, 0.15) is 0 Å². The predicted molar refractivity (Wildman–Crippen MR) is 90.1 cm³/mol. The highest BCUT2D eigenvalue weighted by atomic mass is 19.4. The molecule has 0 radical (unpaired) electrons. The Morgan fingerprint density at radius 3 is 2.22 bits per heavy atom. The van der Waals surface area contributed by atoms with Gasteiger partial charge in [-0.05, 0) is 30.5 Å². The molecule has 2 aromatic rings. The van der Waals surface area contributed by atoms with E-state index in [2.05, 4.69) is 4.98 Å². The van der Waals surface area contributed by atoms with Crippen LogP contribution in [-0.2, 0) is 16.4 Å². The first kappa shape index (κ1) is 18.9. The van der Waals surface area contributed by atoms with Crippen molar-refractivity contribution in [2.75, 3.05) is 13.1 Å². The second-order valence-electron chi connectivity index (χ2n) is 6.44. The maximum absolute atomic E-state index is 13.1. The van der Waals surface area contributed by atoms with Gasteiger partial charge in [-0.2, -0.15) is 13.2 Å². The monoisotopic (exact) mass is 378 g/mol. The molecule has 0 bridgehead atoms. The number of benzene rings is 1. The number of rotatable bonds is 3. The van der Waals surface area contributed by atoms with E-state index < -0.39 is 34.7 Å². The maximum atomic E-state index is 13.1. The summed E-state index contributed by atoms with van der Waals surface area (Å²) in [4.78, 5) is 29.1. The molecule has 1 amide bonds. The van der Waals surface area contributed by atoms with Crippen molar-refractivity contribution < 1.29 is 27.9 Å². The van der Waals surface area contributed by atoms with Gasteiger partial charge in [0, 0.05) is 19.3 Å². The molecule has 0 unspecified atom stereocenters. The van der Waals surface area contributed by atoms with Crippen LogP contribution in [-0.4, -0.2) is 40.0 Å². The molecule has 5 nitrogen and oxygen atoms in total. The molecule has 3 rings (SSSR count). The lowest BCUT2D eigenvalue weighted by Gasteiger charge is -2.39. The minimum Gasteiger partial charge on any atom is -0.481 e. The zero-order valence-electron chi connectivity index (χ0n) is 14.2. The second kappa shape index (κ2) is 7.02. The fourth-order valence-corrected chi connectivity index (χ4v) is 3.45. The summed E-state index contributed by atoms with van der Waals surface area (Å²) in [6.45, 7) is 0.0957. The average Bonchev–Trinajstić information content (AvgIpc) is 2.67. The number of aromatic nitrogens is 1. The molecule has 2 heterocycles. The molecule has 0 saturated carbocycles. The van der Waals surface area contributed by atoms with Crippen molar-refractivity contribution in [2.45, 2.75) is 24.4 Å².